The fraction of sp³-hybridized carbons (Fsp3) is 0.462. The monoisotopic (exact) mass is 205 g/mol. The van der Waals surface area contributed by atoms with E-state index >= 15 is 0 Å². The molecule has 2 N–H and O–H groups in total. The Bertz CT molecular complexity index is 361. The molecule has 0 aromatic heterocycles. The van der Waals surface area contributed by atoms with E-state index in [0.29, 0.717) is 5.56 Å². The van der Waals surface area contributed by atoms with Gasteiger partial charge in [-0.3, -0.25) is 4.79 Å². The Morgan fingerprint density at radius 3 is 2.40 bits per heavy atom. The number of Topliss-reactive ketones (excluding diaryl/α,β-unsaturated/α-hetero) is 1. The number of carbonyl (C=O) groups excluding carboxylic acids is 1. The molecule has 0 aliphatic carbocycles. The summed E-state index contributed by atoms with van der Waals surface area (Å²) < 4.78 is 0. The van der Waals surface area contributed by atoms with Crippen LogP contribution >= 0.6 is 0 Å². The first-order valence-electron chi connectivity index (χ1n) is 5.22. The molecule has 0 aliphatic heterocycles. The Balaban J connectivity index is 3.09. The summed E-state index contributed by atoms with van der Waals surface area (Å²) in [5.41, 5.74) is 7.51. The van der Waals surface area contributed by atoms with Gasteiger partial charge in [0.1, 0.15) is 0 Å². The summed E-state index contributed by atoms with van der Waals surface area (Å²) in [6, 6.07) is 7.28. The molecule has 0 aliphatic rings. The molecule has 1 aromatic rings. The van der Waals surface area contributed by atoms with Gasteiger partial charge in [-0.2, -0.15) is 0 Å². The van der Waals surface area contributed by atoms with Crippen LogP contribution in [0, 0.1) is 0 Å². The van der Waals surface area contributed by atoms with Crippen LogP contribution in [-0.4, -0.2) is 11.8 Å². The van der Waals surface area contributed by atoms with Gasteiger partial charge in [0.25, 0.3) is 0 Å². The summed E-state index contributed by atoms with van der Waals surface area (Å²) in [4.78, 5) is 11.7. The van der Waals surface area contributed by atoms with E-state index in [4.69, 9.17) is 5.73 Å². The topological polar surface area (TPSA) is 43.1 Å². The normalized spacial score (nSPS) is 13.7. The van der Waals surface area contributed by atoms with Gasteiger partial charge >= 0.3 is 0 Å². The van der Waals surface area contributed by atoms with Crippen LogP contribution in [0.15, 0.2) is 24.3 Å². The molecule has 0 saturated heterocycles. The second kappa shape index (κ2) is 4.15. The largest absolute Gasteiger partial charge is 0.321 e. The van der Waals surface area contributed by atoms with Crippen molar-refractivity contribution in [2.75, 3.05) is 0 Å². The lowest BCUT2D eigenvalue weighted by atomic mass is 9.85. The van der Waals surface area contributed by atoms with Crippen molar-refractivity contribution in [3.8, 4) is 0 Å². The van der Waals surface area contributed by atoms with E-state index in [1.807, 2.05) is 24.3 Å². The van der Waals surface area contributed by atoms with Crippen LogP contribution in [-0.2, 0) is 5.41 Å². The van der Waals surface area contributed by atoms with E-state index < -0.39 is 6.04 Å². The highest BCUT2D eigenvalue weighted by molar-refractivity contribution is 5.99. The molecule has 0 fully saturated rings. The van der Waals surface area contributed by atoms with Crippen molar-refractivity contribution in [1.82, 2.24) is 0 Å². The van der Waals surface area contributed by atoms with Gasteiger partial charge in [0.15, 0.2) is 5.78 Å². The smallest absolute Gasteiger partial charge is 0.179 e. The Hall–Kier alpha value is -1.15. The molecule has 1 aromatic carbocycles. The van der Waals surface area contributed by atoms with Crippen LogP contribution in [0.5, 0.6) is 0 Å². The molecule has 0 radical (unpaired) electrons. The van der Waals surface area contributed by atoms with Crippen LogP contribution in [0.1, 0.15) is 43.6 Å². The van der Waals surface area contributed by atoms with Crippen LogP contribution in [0.3, 0.4) is 0 Å². The van der Waals surface area contributed by atoms with Gasteiger partial charge < -0.3 is 5.73 Å². The van der Waals surface area contributed by atoms with Crippen LogP contribution < -0.4 is 5.73 Å². The summed E-state index contributed by atoms with van der Waals surface area (Å²) in [5.74, 6) is 0.00102. The standard InChI is InChI=1S/C13H19NO/c1-9(14)12(15)10-6-5-7-11(8-10)13(2,3)4/h5-9H,14H2,1-4H3. The lowest BCUT2D eigenvalue weighted by Gasteiger charge is -2.19. The Morgan fingerprint density at radius 2 is 1.93 bits per heavy atom. The third kappa shape index (κ3) is 2.90. The maximum atomic E-state index is 11.7. The van der Waals surface area contributed by atoms with Crippen molar-refractivity contribution in [1.29, 1.82) is 0 Å². The number of hydrogen-bond donors (Lipinski definition) is 1. The van der Waals surface area contributed by atoms with E-state index in [2.05, 4.69) is 20.8 Å². The Labute approximate surface area is 91.5 Å². The minimum Gasteiger partial charge on any atom is -0.321 e. The molecule has 15 heavy (non-hydrogen) atoms. The zero-order chi connectivity index (χ0) is 11.6. The highest BCUT2D eigenvalue weighted by Crippen LogP contribution is 2.23. The van der Waals surface area contributed by atoms with Crippen molar-refractivity contribution in [3.05, 3.63) is 35.4 Å². The molecular weight excluding hydrogens is 186 g/mol. The number of benzene rings is 1. The van der Waals surface area contributed by atoms with Crippen molar-refractivity contribution in [2.24, 2.45) is 5.73 Å². The second-order valence-electron chi connectivity index (χ2n) is 4.98. The molecule has 0 heterocycles. The number of ketones is 1. The lowest BCUT2D eigenvalue weighted by molar-refractivity contribution is 0.0968. The van der Waals surface area contributed by atoms with Crippen LogP contribution in [0.2, 0.25) is 0 Å². The molecule has 2 nitrogen and oxygen atoms in total. The molecule has 1 unspecified atom stereocenters. The predicted molar refractivity (Wildman–Crippen MR) is 63.1 cm³/mol. The number of carbonyl (C=O) groups is 1. The fourth-order valence-electron chi connectivity index (χ4n) is 1.40. The predicted octanol–water partition coefficient (Wildman–Crippen LogP) is 2.51. The molecule has 0 amide bonds. The summed E-state index contributed by atoms with van der Waals surface area (Å²) in [5, 5.41) is 0. The zero-order valence-electron chi connectivity index (χ0n) is 9.87. The van der Waals surface area contributed by atoms with Crippen molar-refractivity contribution in [3.63, 3.8) is 0 Å². The van der Waals surface area contributed by atoms with Crippen molar-refractivity contribution in [2.45, 2.75) is 39.2 Å². The first kappa shape index (κ1) is 11.9. The second-order valence-corrected chi connectivity index (χ2v) is 4.98. The Morgan fingerprint density at radius 1 is 1.33 bits per heavy atom. The first-order valence-corrected chi connectivity index (χ1v) is 5.22. The summed E-state index contributed by atoms with van der Waals surface area (Å²) in [7, 11) is 0. The molecule has 1 rings (SSSR count). The minimum atomic E-state index is -0.430. The maximum Gasteiger partial charge on any atom is 0.179 e. The number of hydrogen-bond acceptors (Lipinski definition) is 2. The molecule has 0 spiro atoms. The van der Waals surface area contributed by atoms with Gasteiger partial charge in [0.2, 0.25) is 0 Å². The fourth-order valence-corrected chi connectivity index (χ4v) is 1.40. The van der Waals surface area contributed by atoms with Gasteiger partial charge in [0, 0.05) is 5.56 Å². The Kier molecular flexibility index (Phi) is 3.30. The van der Waals surface area contributed by atoms with E-state index in [0.717, 1.165) is 5.56 Å². The van der Waals surface area contributed by atoms with E-state index in [1.54, 1.807) is 6.92 Å². The number of rotatable bonds is 2. The summed E-state index contributed by atoms with van der Waals surface area (Å²) in [6.07, 6.45) is 0. The van der Waals surface area contributed by atoms with Gasteiger partial charge in [-0.15, -0.1) is 0 Å². The molecule has 2 heteroatoms. The molecule has 0 saturated carbocycles. The summed E-state index contributed by atoms with van der Waals surface area (Å²) >= 11 is 0. The minimum absolute atomic E-state index is 0.00102. The maximum absolute atomic E-state index is 11.7. The summed E-state index contributed by atoms with van der Waals surface area (Å²) in [6.45, 7) is 8.10. The van der Waals surface area contributed by atoms with Gasteiger partial charge in [0.05, 0.1) is 6.04 Å². The van der Waals surface area contributed by atoms with Gasteiger partial charge in [-0.25, -0.2) is 0 Å². The van der Waals surface area contributed by atoms with E-state index in [9.17, 15) is 4.79 Å². The average Bonchev–Trinajstić information content (AvgIpc) is 2.15. The molecule has 82 valence electrons. The van der Waals surface area contributed by atoms with Crippen molar-refractivity contribution < 1.29 is 4.79 Å². The highest BCUT2D eigenvalue weighted by atomic mass is 16.1. The molecule has 1 atom stereocenters. The van der Waals surface area contributed by atoms with Crippen LogP contribution in [0.25, 0.3) is 0 Å². The SMILES string of the molecule is CC(N)C(=O)c1cccc(C(C)(C)C)c1. The average molecular weight is 205 g/mol. The first-order chi connectivity index (χ1) is 6.82. The zero-order valence-corrected chi connectivity index (χ0v) is 9.87. The van der Waals surface area contributed by atoms with E-state index in [-0.39, 0.29) is 11.2 Å². The van der Waals surface area contributed by atoms with E-state index in [1.165, 1.54) is 0 Å². The quantitative estimate of drug-likeness (QED) is 0.754. The van der Waals surface area contributed by atoms with Crippen LogP contribution in [0.4, 0.5) is 0 Å². The third-order valence-electron chi connectivity index (χ3n) is 2.43. The van der Waals surface area contributed by atoms with Gasteiger partial charge in [-0.05, 0) is 24.0 Å². The third-order valence-corrected chi connectivity index (χ3v) is 2.43. The van der Waals surface area contributed by atoms with Crippen molar-refractivity contribution >= 4 is 5.78 Å². The molecule has 0 bridgehead atoms. The van der Waals surface area contributed by atoms with Gasteiger partial charge in [-0.1, -0.05) is 39.0 Å². The molecular formula is C13H19NO. The lowest BCUT2D eigenvalue weighted by Crippen LogP contribution is -2.27. The highest BCUT2D eigenvalue weighted by Gasteiger charge is 2.16. The number of nitrogens with two attached hydrogens (primary N) is 1.